The number of halogens is 1. The molecule has 2 nitrogen and oxygen atoms in total. The topological polar surface area (TPSA) is 18.5 Å². The fourth-order valence-corrected chi connectivity index (χ4v) is 1.91. The lowest BCUT2D eigenvalue weighted by molar-refractivity contribution is 0.145. The number of hydrogen-bond acceptors (Lipinski definition) is 2. The van der Waals surface area contributed by atoms with Crippen molar-refractivity contribution in [3.05, 3.63) is 29.8 Å². The largest absolute Gasteiger partial charge is 0.491 e. The maximum atomic E-state index is 6.43. The van der Waals surface area contributed by atoms with Crippen LogP contribution >= 0.6 is 11.6 Å². The summed E-state index contributed by atoms with van der Waals surface area (Å²) in [5, 5.41) is 0.166. The van der Waals surface area contributed by atoms with Gasteiger partial charge in [0.25, 0.3) is 0 Å². The highest BCUT2D eigenvalue weighted by atomic mass is 35.5. The van der Waals surface area contributed by atoms with E-state index in [-0.39, 0.29) is 10.8 Å². The Balaban J connectivity index is 2.57. The molecule has 0 aliphatic heterocycles. The molecule has 0 aliphatic rings. The van der Waals surface area contributed by atoms with Crippen LogP contribution in [0.2, 0.25) is 0 Å². The van der Waals surface area contributed by atoms with Gasteiger partial charge in [0.05, 0.1) is 6.61 Å². The molecule has 0 aliphatic carbocycles. The summed E-state index contributed by atoms with van der Waals surface area (Å²) in [6.45, 7) is 7.70. The molecule has 0 saturated carbocycles. The summed E-state index contributed by atoms with van der Waals surface area (Å²) in [5.41, 5.74) is 1.35. The van der Waals surface area contributed by atoms with Gasteiger partial charge in [0.2, 0.25) is 0 Å². The van der Waals surface area contributed by atoms with Gasteiger partial charge >= 0.3 is 0 Å². The Morgan fingerprint density at radius 3 is 2.47 bits per heavy atom. The molecule has 0 fully saturated rings. The van der Waals surface area contributed by atoms with Crippen LogP contribution < -0.4 is 4.74 Å². The van der Waals surface area contributed by atoms with Crippen LogP contribution in [0.15, 0.2) is 24.3 Å². The molecular weight excluding hydrogens is 260 g/mol. The van der Waals surface area contributed by atoms with Gasteiger partial charge in [0, 0.05) is 12.5 Å². The van der Waals surface area contributed by atoms with Gasteiger partial charge in [0.1, 0.15) is 12.4 Å². The predicted octanol–water partition coefficient (Wildman–Crippen LogP) is 4.30. The Bertz CT molecular complexity index is 371. The minimum Gasteiger partial charge on any atom is -0.491 e. The zero-order valence-corrected chi connectivity index (χ0v) is 13.2. The number of ether oxygens (including phenoxy) is 2. The van der Waals surface area contributed by atoms with Crippen LogP contribution in [0.3, 0.4) is 0 Å². The number of hydrogen-bond donors (Lipinski definition) is 0. The van der Waals surface area contributed by atoms with E-state index in [1.807, 2.05) is 18.2 Å². The average Bonchev–Trinajstić information content (AvgIpc) is 2.36. The molecule has 1 atom stereocenters. The van der Waals surface area contributed by atoms with Crippen LogP contribution in [0.4, 0.5) is 0 Å². The molecule has 108 valence electrons. The molecule has 0 N–H and O–H groups in total. The van der Waals surface area contributed by atoms with E-state index in [0.717, 1.165) is 18.6 Å². The lowest BCUT2D eigenvalue weighted by Crippen LogP contribution is -2.21. The van der Waals surface area contributed by atoms with E-state index in [9.17, 15) is 0 Å². The van der Waals surface area contributed by atoms with Crippen LogP contribution in [0, 0.1) is 5.41 Å². The molecule has 0 radical (unpaired) electrons. The molecule has 19 heavy (non-hydrogen) atoms. The molecule has 1 unspecified atom stereocenters. The molecule has 3 heteroatoms. The van der Waals surface area contributed by atoms with Crippen LogP contribution in [-0.4, -0.2) is 25.7 Å². The Kier molecular flexibility index (Phi) is 6.67. The lowest BCUT2D eigenvalue weighted by Gasteiger charge is -2.25. The first-order valence-corrected chi connectivity index (χ1v) is 7.22. The molecule has 0 bridgehead atoms. The van der Waals surface area contributed by atoms with Gasteiger partial charge in [-0.3, -0.25) is 0 Å². The summed E-state index contributed by atoms with van der Waals surface area (Å²) in [6.07, 6.45) is 1.89. The molecule has 1 aromatic carbocycles. The monoisotopic (exact) mass is 284 g/mol. The third-order valence-corrected chi connectivity index (χ3v) is 4.00. The van der Waals surface area contributed by atoms with Crippen molar-refractivity contribution in [2.45, 2.75) is 39.0 Å². The number of rotatable bonds is 7. The summed E-state index contributed by atoms with van der Waals surface area (Å²) in [7, 11) is 1.68. The number of methoxy groups -OCH3 is 1. The summed E-state index contributed by atoms with van der Waals surface area (Å²) in [6, 6.07) is 8.14. The lowest BCUT2D eigenvalue weighted by atomic mass is 9.88. The van der Waals surface area contributed by atoms with Gasteiger partial charge in [-0.2, -0.15) is 0 Å². The minimum atomic E-state index is 0.132. The highest BCUT2D eigenvalue weighted by Gasteiger charge is 2.22. The van der Waals surface area contributed by atoms with Gasteiger partial charge in [-0.05, 0) is 29.9 Å². The predicted molar refractivity (Wildman–Crippen MR) is 81.2 cm³/mol. The highest BCUT2D eigenvalue weighted by molar-refractivity contribution is 6.21. The normalized spacial score (nSPS) is 13.3. The van der Waals surface area contributed by atoms with Gasteiger partial charge in [-0.25, -0.2) is 0 Å². The van der Waals surface area contributed by atoms with Gasteiger partial charge in [-0.15, -0.1) is 11.6 Å². The number of aryl methyl sites for hydroxylation is 1. The second-order valence-electron chi connectivity index (χ2n) is 5.82. The van der Waals surface area contributed by atoms with E-state index in [4.69, 9.17) is 21.1 Å². The van der Waals surface area contributed by atoms with E-state index < -0.39 is 0 Å². The number of benzene rings is 1. The molecular formula is C16H25ClO2. The van der Waals surface area contributed by atoms with Crippen molar-refractivity contribution in [2.24, 2.45) is 5.41 Å². The van der Waals surface area contributed by atoms with E-state index in [2.05, 4.69) is 26.8 Å². The van der Waals surface area contributed by atoms with Crippen molar-refractivity contribution in [1.82, 2.24) is 0 Å². The van der Waals surface area contributed by atoms with Gasteiger partial charge in [-0.1, -0.05) is 39.0 Å². The standard InChI is InChI=1S/C16H25ClO2/c1-16(2,3)15(17)10-9-13-7-5-6-8-14(13)19-12-11-18-4/h5-8,15H,9-12H2,1-4H3. The first kappa shape index (κ1) is 16.3. The molecule has 0 heterocycles. The van der Waals surface area contributed by atoms with Gasteiger partial charge < -0.3 is 9.47 Å². The molecule has 1 aromatic rings. The minimum absolute atomic E-state index is 0.132. The second-order valence-corrected chi connectivity index (χ2v) is 6.35. The smallest absolute Gasteiger partial charge is 0.122 e. The van der Waals surface area contributed by atoms with Crippen molar-refractivity contribution in [3.8, 4) is 5.75 Å². The van der Waals surface area contributed by atoms with Gasteiger partial charge in [0.15, 0.2) is 0 Å². The fraction of sp³-hybridized carbons (Fsp3) is 0.625. The summed E-state index contributed by atoms with van der Waals surface area (Å²) in [5.74, 6) is 0.942. The van der Waals surface area contributed by atoms with E-state index in [1.54, 1.807) is 7.11 Å². The fourth-order valence-electron chi connectivity index (χ4n) is 1.80. The highest BCUT2D eigenvalue weighted by Crippen LogP contribution is 2.29. The zero-order valence-electron chi connectivity index (χ0n) is 12.4. The molecule has 0 saturated heterocycles. The number of alkyl halides is 1. The maximum absolute atomic E-state index is 6.43. The quantitative estimate of drug-likeness (QED) is 0.549. The zero-order chi connectivity index (χ0) is 14.3. The average molecular weight is 285 g/mol. The maximum Gasteiger partial charge on any atom is 0.122 e. The van der Waals surface area contributed by atoms with E-state index in [0.29, 0.717) is 13.2 Å². The number of para-hydroxylation sites is 1. The van der Waals surface area contributed by atoms with Crippen molar-refractivity contribution < 1.29 is 9.47 Å². The van der Waals surface area contributed by atoms with Crippen molar-refractivity contribution in [3.63, 3.8) is 0 Å². The van der Waals surface area contributed by atoms with Crippen LogP contribution in [0.5, 0.6) is 5.75 Å². The molecule has 0 amide bonds. The first-order chi connectivity index (χ1) is 8.95. The van der Waals surface area contributed by atoms with Crippen LogP contribution in [0.25, 0.3) is 0 Å². The van der Waals surface area contributed by atoms with Crippen LogP contribution in [0.1, 0.15) is 32.8 Å². The van der Waals surface area contributed by atoms with Crippen LogP contribution in [-0.2, 0) is 11.2 Å². The summed E-state index contributed by atoms with van der Waals surface area (Å²) in [4.78, 5) is 0. The third-order valence-electron chi connectivity index (χ3n) is 3.12. The molecule has 0 aromatic heterocycles. The van der Waals surface area contributed by atoms with Crippen molar-refractivity contribution in [1.29, 1.82) is 0 Å². The Morgan fingerprint density at radius 1 is 1.16 bits per heavy atom. The summed E-state index contributed by atoms with van der Waals surface area (Å²) < 4.78 is 10.7. The third kappa shape index (κ3) is 5.84. The second kappa shape index (κ2) is 7.76. The Labute approximate surface area is 122 Å². The van der Waals surface area contributed by atoms with E-state index >= 15 is 0 Å². The van der Waals surface area contributed by atoms with E-state index in [1.165, 1.54) is 5.56 Å². The van der Waals surface area contributed by atoms with Crippen molar-refractivity contribution in [2.75, 3.05) is 20.3 Å². The Morgan fingerprint density at radius 2 is 1.84 bits per heavy atom. The first-order valence-electron chi connectivity index (χ1n) is 6.79. The SMILES string of the molecule is COCCOc1ccccc1CCC(Cl)C(C)(C)C. The molecule has 0 spiro atoms. The summed E-state index contributed by atoms with van der Waals surface area (Å²) >= 11 is 6.43. The Hall–Kier alpha value is -0.730. The molecule has 1 rings (SSSR count). The van der Waals surface area contributed by atoms with Crippen molar-refractivity contribution >= 4 is 11.6 Å².